The van der Waals surface area contributed by atoms with Gasteiger partial charge in [0, 0.05) is 36.6 Å². The second-order valence-corrected chi connectivity index (χ2v) is 13.3. The van der Waals surface area contributed by atoms with E-state index in [0.717, 1.165) is 25.3 Å². The Morgan fingerprint density at radius 2 is 1.90 bits per heavy atom. The monoisotopic (exact) mass is 574 g/mol. The minimum absolute atomic E-state index is 0.194. The molecule has 2 bridgehead atoms. The van der Waals surface area contributed by atoms with Gasteiger partial charge in [-0.05, 0) is 57.4 Å². The smallest absolute Gasteiger partial charge is 0.244 e. The number of anilines is 1. The lowest BCUT2D eigenvalue weighted by molar-refractivity contribution is -0.142. The summed E-state index contributed by atoms with van der Waals surface area (Å²) in [6.07, 6.45) is 1.94. The van der Waals surface area contributed by atoms with Crippen LogP contribution in [0.2, 0.25) is 0 Å². The lowest BCUT2D eigenvalue weighted by Crippen LogP contribution is -2.57. The second-order valence-electron chi connectivity index (χ2n) is 11.4. The van der Waals surface area contributed by atoms with Gasteiger partial charge in [0.2, 0.25) is 17.7 Å². The number of hydrogen-bond acceptors (Lipinski definition) is 8. The number of rotatable bonds is 11. The summed E-state index contributed by atoms with van der Waals surface area (Å²) in [6.45, 7) is 10.4. The zero-order valence-electron chi connectivity index (χ0n) is 23.7. The highest BCUT2D eigenvalue weighted by Crippen LogP contribution is 2.71. The molecule has 4 aliphatic rings. The number of carbonyl (C=O) groups excluding carboxylic acids is 3. The van der Waals surface area contributed by atoms with Crippen LogP contribution in [0.5, 0.6) is 5.75 Å². The topological polar surface area (TPSA) is 120 Å². The summed E-state index contributed by atoms with van der Waals surface area (Å²) in [5, 5.41) is 16.4. The molecule has 11 heteroatoms. The number of aliphatic hydroxyl groups excluding tert-OH is 1. The first-order chi connectivity index (χ1) is 19.3. The molecule has 4 fully saturated rings. The maximum atomic E-state index is 14.2. The number of nitrogens with zero attached hydrogens (tertiary/aromatic N) is 2. The van der Waals surface area contributed by atoms with Crippen molar-refractivity contribution in [2.24, 2.45) is 11.8 Å². The van der Waals surface area contributed by atoms with Crippen LogP contribution in [0.25, 0.3) is 0 Å². The molecular weight excluding hydrogens is 532 g/mol. The fourth-order valence-corrected chi connectivity index (χ4v) is 9.49. The third-order valence-electron chi connectivity index (χ3n) is 9.08. The molecule has 40 heavy (non-hydrogen) atoms. The molecule has 10 nitrogen and oxygen atoms in total. The third-order valence-corrected chi connectivity index (χ3v) is 11.1. The van der Waals surface area contributed by atoms with Gasteiger partial charge in [-0.2, -0.15) is 0 Å². The molecule has 0 aromatic heterocycles. The Morgan fingerprint density at radius 1 is 1.18 bits per heavy atom. The number of amides is 3. The Kier molecular flexibility index (Phi) is 8.66. The van der Waals surface area contributed by atoms with Gasteiger partial charge in [-0.1, -0.05) is 6.92 Å². The van der Waals surface area contributed by atoms with Crippen LogP contribution in [0.3, 0.4) is 0 Å². The van der Waals surface area contributed by atoms with Crippen LogP contribution in [-0.4, -0.2) is 107 Å². The molecule has 0 radical (unpaired) electrons. The summed E-state index contributed by atoms with van der Waals surface area (Å²) >= 11 is 1.64. The average molecular weight is 575 g/mol. The summed E-state index contributed by atoms with van der Waals surface area (Å²) in [5.74, 6) is -1.09. The molecule has 3 N–H and O–H groups in total. The number of likely N-dealkylation sites (tertiary alicyclic amines) is 1. The first-order valence-electron chi connectivity index (χ1n) is 14.5. The Labute approximate surface area is 240 Å². The van der Waals surface area contributed by atoms with Crippen molar-refractivity contribution >= 4 is 35.2 Å². The molecule has 1 spiro atoms. The fourth-order valence-electron chi connectivity index (χ4n) is 7.15. The number of fused-ring (bicyclic) bond motifs is 1. The van der Waals surface area contributed by atoms with E-state index in [1.165, 1.54) is 0 Å². The summed E-state index contributed by atoms with van der Waals surface area (Å²) in [4.78, 5) is 45.8. The Balaban J connectivity index is 1.39. The van der Waals surface area contributed by atoms with Crippen molar-refractivity contribution in [3.63, 3.8) is 0 Å². The van der Waals surface area contributed by atoms with Crippen molar-refractivity contribution in [2.75, 3.05) is 57.9 Å². The summed E-state index contributed by atoms with van der Waals surface area (Å²) < 4.78 is 9.76. The van der Waals surface area contributed by atoms with Gasteiger partial charge >= 0.3 is 0 Å². The molecule has 6 atom stereocenters. The number of morpholine rings is 1. The fraction of sp³-hybridized carbons (Fsp3) is 0.690. The van der Waals surface area contributed by atoms with Gasteiger partial charge in [0.25, 0.3) is 0 Å². The number of carbonyl (C=O) groups is 3. The highest BCUT2D eigenvalue weighted by atomic mass is 32.2. The molecule has 1 aromatic rings. The largest absolute Gasteiger partial charge is 0.494 e. The number of nitrogens with one attached hydrogen (secondary N) is 2. The summed E-state index contributed by atoms with van der Waals surface area (Å²) in [5.41, 5.74) is 0.639. The Hall–Kier alpha value is -2.34. The number of thioether (sulfide) groups is 1. The quantitative estimate of drug-likeness (QED) is 0.366. The van der Waals surface area contributed by atoms with Crippen LogP contribution >= 0.6 is 11.8 Å². The van der Waals surface area contributed by atoms with Crippen molar-refractivity contribution in [1.29, 1.82) is 0 Å². The molecular formula is C29H42N4O6S. The third kappa shape index (κ3) is 5.10. The van der Waals surface area contributed by atoms with Gasteiger partial charge in [-0.3, -0.25) is 19.3 Å². The highest BCUT2D eigenvalue weighted by molar-refractivity contribution is 8.02. The van der Waals surface area contributed by atoms with E-state index >= 15 is 0 Å². The van der Waals surface area contributed by atoms with Crippen molar-refractivity contribution in [3.05, 3.63) is 24.3 Å². The summed E-state index contributed by atoms with van der Waals surface area (Å²) in [7, 11) is 0. The van der Waals surface area contributed by atoms with E-state index in [9.17, 15) is 19.5 Å². The van der Waals surface area contributed by atoms with Crippen LogP contribution in [0.15, 0.2) is 24.3 Å². The van der Waals surface area contributed by atoms with Crippen molar-refractivity contribution in [2.45, 2.75) is 61.6 Å². The molecule has 2 unspecified atom stereocenters. The molecule has 1 aromatic carbocycles. The molecule has 5 rings (SSSR count). The van der Waals surface area contributed by atoms with Gasteiger partial charge < -0.3 is 30.1 Å². The second kappa shape index (κ2) is 11.9. The average Bonchev–Trinajstić information content (AvgIpc) is 3.52. The maximum absolute atomic E-state index is 14.2. The standard InChI is InChI=1S/C29H42N4O6S/c1-4-20(18-34)33-24(26(36)30-12-13-32-14-16-38-17-15-32)29-11-10-28(3,40-29)22(23(29)27(33)37)25(35)31-19-6-8-21(9-7-19)39-5-2/h6-9,20,22-24,34H,4-5,10-18H2,1-3H3,(H,30,36)(H,31,35)/t20-,22+,23-,24?,28-,29?/m0/s1. The minimum Gasteiger partial charge on any atom is -0.494 e. The van der Waals surface area contributed by atoms with E-state index < -0.39 is 33.4 Å². The number of aliphatic hydroxyl groups is 1. The van der Waals surface area contributed by atoms with Crippen LogP contribution in [0.4, 0.5) is 5.69 Å². The first kappa shape index (κ1) is 29.2. The Morgan fingerprint density at radius 3 is 2.55 bits per heavy atom. The molecule has 4 heterocycles. The summed E-state index contributed by atoms with van der Waals surface area (Å²) in [6, 6.07) is 6.00. The first-order valence-corrected chi connectivity index (χ1v) is 15.3. The predicted molar refractivity (Wildman–Crippen MR) is 153 cm³/mol. The van der Waals surface area contributed by atoms with E-state index in [2.05, 4.69) is 22.5 Å². The minimum atomic E-state index is -0.734. The molecule has 4 saturated heterocycles. The number of ether oxygens (including phenoxy) is 2. The maximum Gasteiger partial charge on any atom is 0.244 e. The molecule has 0 aliphatic carbocycles. The van der Waals surface area contributed by atoms with Crippen molar-refractivity contribution in [3.8, 4) is 5.75 Å². The van der Waals surface area contributed by atoms with E-state index in [0.29, 0.717) is 51.4 Å². The molecule has 0 saturated carbocycles. The lowest BCUT2D eigenvalue weighted by Gasteiger charge is -2.37. The number of hydrogen-bond donors (Lipinski definition) is 3. The predicted octanol–water partition coefficient (Wildman–Crippen LogP) is 1.72. The molecule has 220 valence electrons. The van der Waals surface area contributed by atoms with Gasteiger partial charge in [0.05, 0.1) is 49.1 Å². The van der Waals surface area contributed by atoms with Gasteiger partial charge in [0.15, 0.2) is 0 Å². The zero-order chi connectivity index (χ0) is 28.5. The SMILES string of the molecule is CCOc1ccc(NC(=O)[C@H]2[C@H]3C(=O)N([C@@H](CC)CO)C(C(=O)NCCN4CCOCC4)C34CC[C@]2(C)S4)cc1. The van der Waals surface area contributed by atoms with E-state index in [-0.39, 0.29) is 24.3 Å². The van der Waals surface area contributed by atoms with Crippen LogP contribution < -0.4 is 15.4 Å². The normalized spacial score (nSPS) is 32.1. The van der Waals surface area contributed by atoms with Gasteiger partial charge in [0.1, 0.15) is 11.8 Å². The van der Waals surface area contributed by atoms with Crippen LogP contribution in [-0.2, 0) is 19.1 Å². The van der Waals surface area contributed by atoms with E-state index in [1.54, 1.807) is 28.8 Å². The van der Waals surface area contributed by atoms with Crippen molar-refractivity contribution < 1.29 is 29.0 Å². The van der Waals surface area contributed by atoms with Gasteiger partial charge in [-0.25, -0.2) is 0 Å². The van der Waals surface area contributed by atoms with E-state index in [4.69, 9.17) is 9.47 Å². The lowest BCUT2D eigenvalue weighted by atomic mass is 9.66. The Bertz CT molecular complexity index is 1090. The van der Waals surface area contributed by atoms with Crippen LogP contribution in [0, 0.1) is 11.8 Å². The van der Waals surface area contributed by atoms with E-state index in [1.807, 2.05) is 26.0 Å². The number of benzene rings is 1. The van der Waals surface area contributed by atoms with Gasteiger partial charge in [-0.15, -0.1) is 11.8 Å². The van der Waals surface area contributed by atoms with Crippen LogP contribution in [0.1, 0.15) is 40.0 Å². The van der Waals surface area contributed by atoms with Crippen molar-refractivity contribution in [1.82, 2.24) is 15.1 Å². The highest BCUT2D eigenvalue weighted by Gasteiger charge is 2.77. The molecule has 4 aliphatic heterocycles. The zero-order valence-corrected chi connectivity index (χ0v) is 24.5. The molecule has 3 amide bonds.